The van der Waals surface area contributed by atoms with E-state index in [1.165, 1.54) is 11.1 Å². The van der Waals surface area contributed by atoms with Crippen LogP contribution in [0.5, 0.6) is 0 Å². The molecule has 0 aliphatic carbocycles. The van der Waals surface area contributed by atoms with Crippen molar-refractivity contribution < 1.29 is 14.6 Å². The maximum absolute atomic E-state index is 11.1. The van der Waals surface area contributed by atoms with Crippen LogP contribution in [-0.2, 0) is 9.53 Å². The Morgan fingerprint density at radius 1 is 1.08 bits per heavy atom. The Bertz CT molecular complexity index is 614. The van der Waals surface area contributed by atoms with Crippen LogP contribution in [0.1, 0.15) is 30.5 Å². The molecular weight excluding hydrogens is 302 g/mol. The summed E-state index contributed by atoms with van der Waals surface area (Å²) in [6.45, 7) is 3.34. The second kappa shape index (κ2) is 7.60. The van der Waals surface area contributed by atoms with E-state index in [9.17, 15) is 4.79 Å². The van der Waals surface area contributed by atoms with Crippen LogP contribution in [0.3, 0.4) is 0 Å². The van der Waals surface area contributed by atoms with Crippen LogP contribution < -0.4 is 0 Å². The number of carboxylic acid groups (broad SMARTS) is 1. The lowest BCUT2D eigenvalue weighted by atomic mass is 9.94. The summed E-state index contributed by atoms with van der Waals surface area (Å²) in [6, 6.07) is 21.0. The molecule has 24 heavy (non-hydrogen) atoms. The van der Waals surface area contributed by atoms with Gasteiger partial charge < -0.3 is 9.84 Å². The Morgan fingerprint density at radius 2 is 1.58 bits per heavy atom. The van der Waals surface area contributed by atoms with Crippen molar-refractivity contribution in [3.63, 3.8) is 0 Å². The highest BCUT2D eigenvalue weighted by Crippen LogP contribution is 2.33. The van der Waals surface area contributed by atoms with Crippen LogP contribution in [0.25, 0.3) is 0 Å². The zero-order chi connectivity index (χ0) is 16.9. The number of carboxylic acids is 1. The van der Waals surface area contributed by atoms with Crippen LogP contribution >= 0.6 is 0 Å². The molecule has 0 bridgehead atoms. The first-order chi connectivity index (χ1) is 11.7. The molecule has 0 radical (unpaired) electrons. The van der Waals surface area contributed by atoms with Gasteiger partial charge in [0, 0.05) is 13.1 Å². The van der Waals surface area contributed by atoms with Crippen molar-refractivity contribution in [2.75, 3.05) is 13.1 Å². The first-order valence-electron chi connectivity index (χ1n) is 8.41. The second-order valence-electron chi connectivity index (χ2n) is 6.17. The summed E-state index contributed by atoms with van der Waals surface area (Å²) in [6.07, 6.45) is -0.225. The van der Waals surface area contributed by atoms with Crippen LogP contribution in [0, 0.1) is 0 Å². The number of aliphatic carboxylic acids is 1. The molecule has 0 spiro atoms. The summed E-state index contributed by atoms with van der Waals surface area (Å²) < 4.78 is 5.71. The number of likely N-dealkylation sites (tertiary alicyclic amines) is 1. The van der Waals surface area contributed by atoms with Crippen LogP contribution in [0.15, 0.2) is 60.7 Å². The van der Waals surface area contributed by atoms with Gasteiger partial charge in [0.15, 0.2) is 6.10 Å². The Morgan fingerprint density at radius 3 is 2.00 bits per heavy atom. The van der Waals surface area contributed by atoms with E-state index in [0.29, 0.717) is 6.42 Å². The van der Waals surface area contributed by atoms with Gasteiger partial charge in [0.05, 0.1) is 12.1 Å². The Kier molecular flexibility index (Phi) is 5.28. The lowest BCUT2D eigenvalue weighted by Gasteiger charge is -2.45. The van der Waals surface area contributed by atoms with E-state index in [1.807, 2.05) is 19.1 Å². The van der Waals surface area contributed by atoms with Crippen molar-refractivity contribution in [1.29, 1.82) is 0 Å². The molecule has 126 valence electrons. The first-order valence-corrected chi connectivity index (χ1v) is 8.41. The third-order valence-corrected chi connectivity index (χ3v) is 4.48. The minimum absolute atomic E-state index is 0.0130. The van der Waals surface area contributed by atoms with Crippen molar-refractivity contribution >= 4 is 5.97 Å². The molecule has 1 saturated heterocycles. The zero-order valence-corrected chi connectivity index (χ0v) is 13.8. The molecule has 0 saturated carbocycles. The van der Waals surface area contributed by atoms with Gasteiger partial charge in [-0.2, -0.15) is 0 Å². The predicted molar refractivity (Wildman–Crippen MR) is 92.9 cm³/mol. The SMILES string of the molecule is CCC(OC1CN(C(c2ccccc2)c2ccccc2)C1)C(=O)O. The lowest BCUT2D eigenvalue weighted by Crippen LogP contribution is -2.55. The Hall–Kier alpha value is -2.17. The van der Waals surface area contributed by atoms with Gasteiger partial charge in [-0.05, 0) is 17.5 Å². The molecule has 1 aliphatic rings. The fraction of sp³-hybridized carbons (Fsp3) is 0.350. The minimum atomic E-state index is -0.876. The molecule has 1 fully saturated rings. The smallest absolute Gasteiger partial charge is 0.332 e. The average Bonchev–Trinajstić information content (AvgIpc) is 2.58. The number of nitrogens with zero attached hydrogens (tertiary/aromatic N) is 1. The third kappa shape index (κ3) is 3.66. The Labute approximate surface area is 142 Å². The van der Waals surface area contributed by atoms with Crippen molar-refractivity contribution in [2.45, 2.75) is 31.6 Å². The molecule has 1 heterocycles. The van der Waals surface area contributed by atoms with Crippen molar-refractivity contribution in [1.82, 2.24) is 4.90 Å². The fourth-order valence-corrected chi connectivity index (χ4v) is 3.21. The topological polar surface area (TPSA) is 49.8 Å². The summed E-state index contributed by atoms with van der Waals surface area (Å²) in [5.41, 5.74) is 2.49. The summed E-state index contributed by atoms with van der Waals surface area (Å²) in [4.78, 5) is 13.5. The quantitative estimate of drug-likeness (QED) is 0.848. The number of rotatable bonds is 7. The lowest BCUT2D eigenvalue weighted by molar-refractivity contribution is -0.163. The molecule has 2 aromatic rings. The van der Waals surface area contributed by atoms with Crippen LogP contribution in [0.2, 0.25) is 0 Å². The van der Waals surface area contributed by atoms with Crippen molar-refractivity contribution in [3.05, 3.63) is 71.8 Å². The van der Waals surface area contributed by atoms with Gasteiger partial charge in [-0.1, -0.05) is 67.6 Å². The molecule has 2 aromatic carbocycles. The van der Waals surface area contributed by atoms with Gasteiger partial charge in [-0.25, -0.2) is 4.79 Å². The summed E-state index contributed by atoms with van der Waals surface area (Å²) >= 11 is 0. The van der Waals surface area contributed by atoms with Gasteiger partial charge >= 0.3 is 5.97 Å². The Balaban J connectivity index is 1.72. The molecule has 4 nitrogen and oxygen atoms in total. The molecule has 0 aromatic heterocycles. The number of ether oxygens (including phenoxy) is 1. The van der Waals surface area contributed by atoms with Crippen molar-refractivity contribution in [3.8, 4) is 0 Å². The van der Waals surface area contributed by atoms with Crippen LogP contribution in [0.4, 0.5) is 0 Å². The molecule has 4 heteroatoms. The van der Waals surface area contributed by atoms with Crippen LogP contribution in [-0.4, -0.2) is 41.3 Å². The summed E-state index contributed by atoms with van der Waals surface area (Å²) in [7, 11) is 0. The van der Waals surface area contributed by atoms with Gasteiger partial charge in [-0.3, -0.25) is 4.90 Å². The molecule has 1 aliphatic heterocycles. The van der Waals surface area contributed by atoms with E-state index in [4.69, 9.17) is 9.84 Å². The normalized spacial score (nSPS) is 16.8. The number of hydrogen-bond donors (Lipinski definition) is 1. The van der Waals surface area contributed by atoms with Gasteiger partial charge in [-0.15, -0.1) is 0 Å². The van der Waals surface area contributed by atoms with Gasteiger partial charge in [0.2, 0.25) is 0 Å². The highest BCUT2D eigenvalue weighted by atomic mass is 16.5. The van der Waals surface area contributed by atoms with E-state index < -0.39 is 12.1 Å². The van der Waals surface area contributed by atoms with E-state index in [1.54, 1.807) is 0 Å². The van der Waals surface area contributed by atoms with E-state index in [-0.39, 0.29) is 12.1 Å². The largest absolute Gasteiger partial charge is 0.479 e. The summed E-state index contributed by atoms with van der Waals surface area (Å²) in [5.74, 6) is -0.876. The van der Waals surface area contributed by atoms with E-state index in [2.05, 4.69) is 53.4 Å². The van der Waals surface area contributed by atoms with E-state index in [0.717, 1.165) is 13.1 Å². The molecular formula is C20H23NO3. The maximum Gasteiger partial charge on any atom is 0.332 e. The predicted octanol–water partition coefficient (Wildman–Crippen LogP) is 3.34. The molecule has 1 atom stereocenters. The molecule has 1 unspecified atom stereocenters. The number of carbonyl (C=O) groups is 1. The number of hydrogen-bond acceptors (Lipinski definition) is 3. The molecule has 1 N–H and O–H groups in total. The van der Waals surface area contributed by atoms with Gasteiger partial charge in [0.1, 0.15) is 0 Å². The fourth-order valence-electron chi connectivity index (χ4n) is 3.21. The van der Waals surface area contributed by atoms with E-state index >= 15 is 0 Å². The second-order valence-corrected chi connectivity index (χ2v) is 6.17. The monoisotopic (exact) mass is 325 g/mol. The minimum Gasteiger partial charge on any atom is -0.479 e. The number of benzene rings is 2. The highest BCUT2D eigenvalue weighted by Gasteiger charge is 2.36. The first kappa shape index (κ1) is 16.7. The maximum atomic E-state index is 11.1. The summed E-state index contributed by atoms with van der Waals surface area (Å²) in [5, 5.41) is 9.13. The molecule has 3 rings (SSSR count). The third-order valence-electron chi connectivity index (χ3n) is 4.48. The van der Waals surface area contributed by atoms with Gasteiger partial charge in [0.25, 0.3) is 0 Å². The zero-order valence-electron chi connectivity index (χ0n) is 13.8. The highest BCUT2D eigenvalue weighted by molar-refractivity contribution is 5.72. The average molecular weight is 325 g/mol. The van der Waals surface area contributed by atoms with Crippen molar-refractivity contribution in [2.24, 2.45) is 0 Å². The molecule has 0 amide bonds. The standard InChI is InChI=1S/C20H23NO3/c1-2-18(20(22)23)24-17-13-21(14-17)19(15-9-5-3-6-10-15)16-11-7-4-8-12-16/h3-12,17-19H,2,13-14H2,1H3,(H,22,23).